The zero-order valence-corrected chi connectivity index (χ0v) is 11.1. The van der Waals surface area contributed by atoms with E-state index in [9.17, 15) is 9.59 Å². The number of carbonyl (C=O) groups is 2. The largest absolute Gasteiger partial charge is 0.479 e. The Balaban J connectivity index is 4.53. The van der Waals surface area contributed by atoms with Crippen LogP contribution in [0.25, 0.3) is 0 Å². The second-order valence-corrected chi connectivity index (χ2v) is 5.56. The third kappa shape index (κ3) is 5.25. The van der Waals surface area contributed by atoms with Gasteiger partial charge in [-0.1, -0.05) is 0 Å². The summed E-state index contributed by atoms with van der Waals surface area (Å²) in [6.45, 7) is 6.62. The number of rotatable bonds is 4. The standard InChI is InChI=1S/C10H19NO4S/c1-9(2,3)15-8(14)11-10(4,6-16-5)7(12)13/h6H2,1-5H3,(H,11,14)(H,12,13). The van der Waals surface area contributed by atoms with Gasteiger partial charge in [-0.15, -0.1) is 0 Å². The molecule has 0 aliphatic rings. The molecular weight excluding hydrogens is 230 g/mol. The van der Waals surface area contributed by atoms with Gasteiger partial charge in [0.15, 0.2) is 0 Å². The van der Waals surface area contributed by atoms with Gasteiger partial charge in [0.2, 0.25) is 0 Å². The van der Waals surface area contributed by atoms with Crippen LogP contribution in [-0.2, 0) is 9.53 Å². The number of ether oxygens (including phenoxy) is 1. The minimum atomic E-state index is -1.30. The number of thioether (sulfide) groups is 1. The molecule has 1 amide bonds. The number of alkyl carbamates (subject to hydrolysis) is 1. The molecule has 1 atom stereocenters. The van der Waals surface area contributed by atoms with E-state index >= 15 is 0 Å². The van der Waals surface area contributed by atoms with E-state index in [0.29, 0.717) is 0 Å². The first-order valence-corrected chi connectivity index (χ1v) is 6.23. The lowest BCUT2D eigenvalue weighted by Crippen LogP contribution is -2.55. The SMILES string of the molecule is CSCC(C)(NC(=O)OC(C)(C)C)C(=O)O. The Bertz CT molecular complexity index is 274. The molecule has 0 rings (SSSR count). The molecule has 0 aromatic rings. The predicted octanol–water partition coefficient (Wildman–Crippen LogP) is 1.72. The van der Waals surface area contributed by atoms with E-state index in [2.05, 4.69) is 5.32 Å². The Morgan fingerprint density at radius 1 is 1.31 bits per heavy atom. The molecule has 5 nitrogen and oxygen atoms in total. The molecule has 2 N–H and O–H groups in total. The molecule has 0 aromatic heterocycles. The predicted molar refractivity (Wildman–Crippen MR) is 63.8 cm³/mol. The van der Waals surface area contributed by atoms with Crippen molar-refractivity contribution in [3.05, 3.63) is 0 Å². The van der Waals surface area contributed by atoms with Crippen LogP contribution >= 0.6 is 11.8 Å². The number of nitrogens with one attached hydrogen (secondary N) is 1. The Morgan fingerprint density at radius 2 is 1.81 bits per heavy atom. The summed E-state index contributed by atoms with van der Waals surface area (Å²) in [5.41, 5.74) is -1.94. The Hall–Kier alpha value is -0.910. The van der Waals surface area contributed by atoms with E-state index < -0.39 is 23.2 Å². The van der Waals surface area contributed by atoms with Gasteiger partial charge in [0, 0.05) is 5.75 Å². The lowest BCUT2D eigenvalue weighted by atomic mass is 10.1. The van der Waals surface area contributed by atoms with Crippen molar-refractivity contribution >= 4 is 23.8 Å². The molecule has 0 radical (unpaired) electrons. The van der Waals surface area contributed by atoms with Gasteiger partial charge < -0.3 is 15.2 Å². The number of carboxylic acids is 1. The minimum Gasteiger partial charge on any atom is -0.479 e. The average molecular weight is 249 g/mol. The summed E-state index contributed by atoms with van der Waals surface area (Å²) in [5.74, 6) is -0.797. The van der Waals surface area contributed by atoms with Gasteiger partial charge in [-0.05, 0) is 34.0 Å². The monoisotopic (exact) mass is 249 g/mol. The van der Waals surface area contributed by atoms with Crippen LogP contribution in [0.2, 0.25) is 0 Å². The summed E-state index contributed by atoms with van der Waals surface area (Å²) in [4.78, 5) is 22.5. The number of hydrogen-bond donors (Lipinski definition) is 2. The molecule has 1 unspecified atom stereocenters. The van der Waals surface area contributed by atoms with Crippen molar-refractivity contribution in [3.63, 3.8) is 0 Å². The zero-order valence-electron chi connectivity index (χ0n) is 10.3. The molecule has 0 bridgehead atoms. The van der Waals surface area contributed by atoms with E-state index in [0.717, 1.165) is 0 Å². The van der Waals surface area contributed by atoms with Crippen LogP contribution in [0.5, 0.6) is 0 Å². The summed E-state index contributed by atoms with van der Waals surface area (Å²) < 4.78 is 5.01. The highest BCUT2D eigenvalue weighted by Crippen LogP contribution is 2.13. The van der Waals surface area contributed by atoms with E-state index in [1.165, 1.54) is 18.7 Å². The van der Waals surface area contributed by atoms with Crippen molar-refractivity contribution < 1.29 is 19.4 Å². The first-order valence-electron chi connectivity index (χ1n) is 4.84. The first-order chi connectivity index (χ1) is 7.10. The topological polar surface area (TPSA) is 75.6 Å². The lowest BCUT2D eigenvalue weighted by molar-refractivity contribution is -0.143. The highest BCUT2D eigenvalue weighted by Gasteiger charge is 2.35. The van der Waals surface area contributed by atoms with Crippen molar-refractivity contribution in [1.82, 2.24) is 5.32 Å². The summed E-state index contributed by atoms with van der Waals surface area (Å²) in [5, 5.41) is 11.4. The number of hydrogen-bond acceptors (Lipinski definition) is 4. The number of carbonyl (C=O) groups excluding carboxylic acids is 1. The normalized spacial score (nSPS) is 15.1. The fourth-order valence-corrected chi connectivity index (χ4v) is 1.74. The maximum absolute atomic E-state index is 11.4. The van der Waals surface area contributed by atoms with Crippen LogP contribution < -0.4 is 5.32 Å². The molecule has 6 heteroatoms. The molecule has 0 saturated heterocycles. The Morgan fingerprint density at radius 3 is 2.12 bits per heavy atom. The van der Waals surface area contributed by atoms with Crippen LogP contribution in [-0.4, -0.2) is 40.3 Å². The van der Waals surface area contributed by atoms with E-state index in [1.807, 2.05) is 0 Å². The summed E-state index contributed by atoms with van der Waals surface area (Å²) in [6, 6.07) is 0. The first kappa shape index (κ1) is 15.1. The van der Waals surface area contributed by atoms with E-state index in [-0.39, 0.29) is 5.75 Å². The maximum atomic E-state index is 11.4. The van der Waals surface area contributed by atoms with Crippen molar-refractivity contribution in [2.75, 3.05) is 12.0 Å². The van der Waals surface area contributed by atoms with E-state index in [1.54, 1.807) is 27.0 Å². The molecule has 0 saturated carbocycles. The highest BCUT2D eigenvalue weighted by molar-refractivity contribution is 7.98. The van der Waals surface area contributed by atoms with Crippen LogP contribution in [0.15, 0.2) is 0 Å². The Labute approximate surface area is 99.9 Å². The molecule has 94 valence electrons. The summed E-state index contributed by atoms with van der Waals surface area (Å²) in [6.07, 6.45) is 1.06. The van der Waals surface area contributed by atoms with Crippen LogP contribution in [0, 0.1) is 0 Å². The van der Waals surface area contributed by atoms with Crippen molar-refractivity contribution in [3.8, 4) is 0 Å². The molecule has 0 aliphatic carbocycles. The van der Waals surface area contributed by atoms with Crippen LogP contribution in [0.4, 0.5) is 4.79 Å². The fraction of sp³-hybridized carbons (Fsp3) is 0.800. The van der Waals surface area contributed by atoms with Gasteiger partial charge in [-0.2, -0.15) is 11.8 Å². The quantitative estimate of drug-likeness (QED) is 0.793. The summed E-state index contributed by atoms with van der Waals surface area (Å²) in [7, 11) is 0. The average Bonchev–Trinajstić information content (AvgIpc) is 1.99. The number of carboxylic acid groups (broad SMARTS) is 1. The van der Waals surface area contributed by atoms with Gasteiger partial charge in [-0.3, -0.25) is 0 Å². The second kappa shape index (κ2) is 5.43. The number of amides is 1. The molecule has 0 heterocycles. The van der Waals surface area contributed by atoms with Gasteiger partial charge in [0.1, 0.15) is 11.1 Å². The third-order valence-corrected chi connectivity index (χ3v) is 2.55. The lowest BCUT2D eigenvalue weighted by Gasteiger charge is -2.27. The molecule has 16 heavy (non-hydrogen) atoms. The van der Waals surface area contributed by atoms with Crippen molar-refractivity contribution in [1.29, 1.82) is 0 Å². The smallest absolute Gasteiger partial charge is 0.408 e. The van der Waals surface area contributed by atoms with Gasteiger partial charge in [-0.25, -0.2) is 9.59 Å². The van der Waals surface area contributed by atoms with E-state index in [4.69, 9.17) is 9.84 Å². The molecule has 0 fully saturated rings. The van der Waals surface area contributed by atoms with Crippen molar-refractivity contribution in [2.45, 2.75) is 38.8 Å². The van der Waals surface area contributed by atoms with Crippen LogP contribution in [0.1, 0.15) is 27.7 Å². The van der Waals surface area contributed by atoms with Gasteiger partial charge >= 0.3 is 12.1 Å². The minimum absolute atomic E-state index is 0.279. The molecule has 0 aliphatic heterocycles. The van der Waals surface area contributed by atoms with Crippen LogP contribution in [0.3, 0.4) is 0 Å². The third-order valence-electron chi connectivity index (χ3n) is 1.68. The Kier molecular flexibility index (Phi) is 5.12. The number of aliphatic carboxylic acids is 1. The van der Waals surface area contributed by atoms with Gasteiger partial charge in [0.05, 0.1) is 0 Å². The molecule has 0 spiro atoms. The van der Waals surface area contributed by atoms with Gasteiger partial charge in [0.25, 0.3) is 0 Å². The molecular formula is C10H19NO4S. The fourth-order valence-electron chi connectivity index (χ4n) is 0.969. The maximum Gasteiger partial charge on any atom is 0.408 e. The zero-order chi connectivity index (χ0) is 13.0. The molecule has 0 aromatic carbocycles. The summed E-state index contributed by atoms with van der Waals surface area (Å²) >= 11 is 1.35. The second-order valence-electron chi connectivity index (χ2n) is 4.70. The van der Waals surface area contributed by atoms with Crippen molar-refractivity contribution in [2.24, 2.45) is 0 Å². The highest BCUT2D eigenvalue weighted by atomic mass is 32.2.